The summed E-state index contributed by atoms with van der Waals surface area (Å²) in [5.41, 5.74) is 0.364. The molecule has 1 amide bonds. The number of anilines is 1. The van der Waals surface area contributed by atoms with Crippen molar-refractivity contribution in [3.05, 3.63) is 46.2 Å². The molecule has 21 heavy (non-hydrogen) atoms. The lowest BCUT2D eigenvalue weighted by Gasteiger charge is -2.09. The summed E-state index contributed by atoms with van der Waals surface area (Å²) < 4.78 is 1.25. The highest BCUT2D eigenvalue weighted by Gasteiger charge is 2.13. The second kappa shape index (κ2) is 6.60. The molecule has 0 aliphatic heterocycles. The Hall–Kier alpha value is -2.05. The van der Waals surface area contributed by atoms with E-state index in [2.05, 4.69) is 10.4 Å². The predicted octanol–water partition coefficient (Wildman–Crippen LogP) is 2.92. The molecule has 0 aliphatic carbocycles. The lowest BCUT2D eigenvalue weighted by atomic mass is 10.3. The SMILES string of the molecule is O=C(CCn1nccc1C(=O)O)Nc1c(Cl)cccc1Cl. The Balaban J connectivity index is 2.00. The van der Waals surface area contributed by atoms with E-state index in [0.29, 0.717) is 15.7 Å². The third-order valence-electron chi connectivity index (χ3n) is 2.71. The monoisotopic (exact) mass is 327 g/mol. The van der Waals surface area contributed by atoms with E-state index < -0.39 is 5.97 Å². The van der Waals surface area contributed by atoms with Gasteiger partial charge >= 0.3 is 5.97 Å². The number of hydrogen-bond donors (Lipinski definition) is 2. The van der Waals surface area contributed by atoms with Gasteiger partial charge in [0.1, 0.15) is 5.69 Å². The van der Waals surface area contributed by atoms with Crippen LogP contribution in [0.5, 0.6) is 0 Å². The number of aryl methyl sites for hydroxylation is 1. The van der Waals surface area contributed by atoms with E-state index in [1.165, 1.54) is 16.9 Å². The maximum absolute atomic E-state index is 11.9. The number of benzene rings is 1. The molecule has 0 radical (unpaired) electrons. The molecule has 0 atom stereocenters. The van der Waals surface area contributed by atoms with Crippen LogP contribution in [-0.2, 0) is 11.3 Å². The summed E-state index contributed by atoms with van der Waals surface area (Å²) in [5, 5.41) is 16.1. The molecule has 0 saturated carbocycles. The number of aromatic carboxylic acids is 1. The van der Waals surface area contributed by atoms with E-state index in [1.807, 2.05) is 0 Å². The first kappa shape index (κ1) is 15.3. The fourth-order valence-corrected chi connectivity index (χ4v) is 2.21. The van der Waals surface area contributed by atoms with E-state index in [4.69, 9.17) is 28.3 Å². The number of amides is 1. The minimum atomic E-state index is -1.10. The first-order valence-corrected chi connectivity index (χ1v) is 6.73. The zero-order valence-electron chi connectivity index (χ0n) is 10.7. The van der Waals surface area contributed by atoms with E-state index in [1.54, 1.807) is 18.2 Å². The Bertz CT molecular complexity index is 665. The van der Waals surface area contributed by atoms with Gasteiger partial charge in [-0.25, -0.2) is 4.79 Å². The topological polar surface area (TPSA) is 84.2 Å². The number of rotatable bonds is 5. The number of halogens is 2. The number of nitrogens with one attached hydrogen (secondary N) is 1. The highest BCUT2D eigenvalue weighted by molar-refractivity contribution is 6.39. The maximum Gasteiger partial charge on any atom is 0.354 e. The van der Waals surface area contributed by atoms with Gasteiger partial charge in [-0.3, -0.25) is 9.48 Å². The van der Waals surface area contributed by atoms with Crippen LogP contribution >= 0.6 is 23.2 Å². The van der Waals surface area contributed by atoms with E-state index >= 15 is 0 Å². The summed E-state index contributed by atoms with van der Waals surface area (Å²) in [6.07, 6.45) is 1.41. The number of nitrogens with zero attached hydrogens (tertiary/aromatic N) is 2. The van der Waals surface area contributed by atoms with Crippen LogP contribution < -0.4 is 5.32 Å². The average molecular weight is 328 g/mol. The molecule has 0 aliphatic rings. The van der Waals surface area contributed by atoms with Crippen molar-refractivity contribution in [1.29, 1.82) is 0 Å². The summed E-state index contributed by atoms with van der Waals surface area (Å²) in [7, 11) is 0. The number of para-hydroxylation sites is 1. The Morgan fingerprint density at radius 3 is 2.52 bits per heavy atom. The molecule has 0 unspecified atom stereocenters. The van der Waals surface area contributed by atoms with E-state index in [-0.39, 0.29) is 24.6 Å². The van der Waals surface area contributed by atoms with Crippen LogP contribution in [0.3, 0.4) is 0 Å². The van der Waals surface area contributed by atoms with Gasteiger partial charge in [-0.1, -0.05) is 29.3 Å². The molecule has 1 aromatic heterocycles. The van der Waals surface area contributed by atoms with Crippen LogP contribution in [0.15, 0.2) is 30.5 Å². The molecular formula is C13H11Cl2N3O3. The number of aromatic nitrogens is 2. The molecule has 8 heteroatoms. The van der Waals surface area contributed by atoms with Crippen LogP contribution in [-0.4, -0.2) is 26.8 Å². The van der Waals surface area contributed by atoms with Gasteiger partial charge in [0.2, 0.25) is 5.91 Å². The summed E-state index contributed by atoms with van der Waals surface area (Å²) in [4.78, 5) is 22.8. The molecule has 0 saturated heterocycles. The first-order valence-electron chi connectivity index (χ1n) is 5.98. The van der Waals surface area contributed by atoms with Crippen molar-refractivity contribution in [1.82, 2.24) is 9.78 Å². The third-order valence-corrected chi connectivity index (χ3v) is 3.34. The van der Waals surface area contributed by atoms with Crippen LogP contribution in [0.25, 0.3) is 0 Å². The zero-order valence-corrected chi connectivity index (χ0v) is 12.2. The third kappa shape index (κ3) is 3.74. The quantitative estimate of drug-likeness (QED) is 0.884. The average Bonchev–Trinajstić information content (AvgIpc) is 2.89. The van der Waals surface area contributed by atoms with Gasteiger partial charge in [0.05, 0.1) is 22.3 Å². The van der Waals surface area contributed by atoms with Gasteiger partial charge in [0.15, 0.2) is 0 Å². The first-order chi connectivity index (χ1) is 9.99. The van der Waals surface area contributed by atoms with Crippen LogP contribution in [0.1, 0.15) is 16.9 Å². The molecule has 2 N–H and O–H groups in total. The molecule has 110 valence electrons. The molecule has 0 spiro atoms. The molecule has 1 heterocycles. The van der Waals surface area contributed by atoms with E-state index in [0.717, 1.165) is 0 Å². The molecule has 2 aromatic rings. The van der Waals surface area contributed by atoms with Gasteiger partial charge in [-0.2, -0.15) is 5.10 Å². The number of carboxylic acids is 1. The van der Waals surface area contributed by atoms with Crippen LogP contribution in [0, 0.1) is 0 Å². The number of carboxylic acid groups (broad SMARTS) is 1. The molecule has 6 nitrogen and oxygen atoms in total. The Kier molecular flexibility index (Phi) is 4.82. The minimum absolute atomic E-state index is 0.0265. The molecule has 0 fully saturated rings. The van der Waals surface area contributed by atoms with Gasteiger partial charge in [-0.15, -0.1) is 0 Å². The molecule has 1 aromatic carbocycles. The zero-order chi connectivity index (χ0) is 15.4. The van der Waals surface area contributed by atoms with Crippen molar-refractivity contribution >= 4 is 40.8 Å². The lowest BCUT2D eigenvalue weighted by molar-refractivity contribution is -0.116. The van der Waals surface area contributed by atoms with Gasteiger partial charge in [0.25, 0.3) is 0 Å². The number of hydrogen-bond acceptors (Lipinski definition) is 3. The van der Waals surface area contributed by atoms with Gasteiger partial charge in [-0.05, 0) is 18.2 Å². The second-order valence-electron chi connectivity index (χ2n) is 4.14. The second-order valence-corrected chi connectivity index (χ2v) is 4.95. The standard InChI is InChI=1S/C13H11Cl2N3O3/c14-8-2-1-3-9(15)12(8)17-11(19)5-7-18-10(13(20)21)4-6-16-18/h1-4,6H,5,7H2,(H,17,19)(H,20,21). The highest BCUT2D eigenvalue weighted by atomic mass is 35.5. The smallest absolute Gasteiger partial charge is 0.354 e. The van der Waals surface area contributed by atoms with Crippen molar-refractivity contribution in [2.45, 2.75) is 13.0 Å². The predicted molar refractivity (Wildman–Crippen MR) is 78.9 cm³/mol. The fourth-order valence-electron chi connectivity index (χ4n) is 1.72. The Morgan fingerprint density at radius 2 is 1.90 bits per heavy atom. The minimum Gasteiger partial charge on any atom is -0.477 e. The van der Waals surface area contributed by atoms with Crippen molar-refractivity contribution in [2.24, 2.45) is 0 Å². The Labute approximate surface area is 130 Å². The lowest BCUT2D eigenvalue weighted by Crippen LogP contribution is -2.17. The van der Waals surface area contributed by atoms with Crippen molar-refractivity contribution in [3.8, 4) is 0 Å². The van der Waals surface area contributed by atoms with Crippen molar-refractivity contribution < 1.29 is 14.7 Å². The maximum atomic E-state index is 11.9. The molecule has 2 rings (SSSR count). The van der Waals surface area contributed by atoms with Gasteiger partial charge in [0, 0.05) is 12.6 Å². The Morgan fingerprint density at radius 1 is 1.24 bits per heavy atom. The summed E-state index contributed by atoms with van der Waals surface area (Å²) in [6.45, 7) is 0.141. The molecular weight excluding hydrogens is 317 g/mol. The summed E-state index contributed by atoms with van der Waals surface area (Å²) >= 11 is 11.9. The van der Waals surface area contributed by atoms with Crippen molar-refractivity contribution in [2.75, 3.05) is 5.32 Å². The summed E-state index contributed by atoms with van der Waals surface area (Å²) in [6, 6.07) is 6.26. The van der Waals surface area contributed by atoms with Crippen LogP contribution in [0.4, 0.5) is 5.69 Å². The van der Waals surface area contributed by atoms with E-state index in [9.17, 15) is 9.59 Å². The largest absolute Gasteiger partial charge is 0.477 e. The normalized spacial score (nSPS) is 10.4. The summed E-state index contributed by atoms with van der Waals surface area (Å²) in [5.74, 6) is -1.43. The fraction of sp³-hybridized carbons (Fsp3) is 0.154. The number of carbonyl (C=O) groups is 2. The van der Waals surface area contributed by atoms with Crippen LogP contribution in [0.2, 0.25) is 10.0 Å². The number of carbonyl (C=O) groups excluding carboxylic acids is 1. The highest BCUT2D eigenvalue weighted by Crippen LogP contribution is 2.29. The van der Waals surface area contributed by atoms with Gasteiger partial charge < -0.3 is 10.4 Å². The molecule has 0 bridgehead atoms. The van der Waals surface area contributed by atoms with Crippen molar-refractivity contribution in [3.63, 3.8) is 0 Å².